The number of halogens is 1. The number of benzene rings is 2. The summed E-state index contributed by atoms with van der Waals surface area (Å²) >= 11 is 0. The molecular weight excluding hydrogens is 465 g/mol. The van der Waals surface area contributed by atoms with E-state index in [-0.39, 0.29) is 36.5 Å². The van der Waals surface area contributed by atoms with Crippen molar-refractivity contribution in [1.82, 2.24) is 10.6 Å². The molecule has 1 atom stereocenters. The zero-order chi connectivity index (χ0) is 18.9. The van der Waals surface area contributed by atoms with Crippen molar-refractivity contribution in [3.63, 3.8) is 0 Å². The third-order valence-electron chi connectivity index (χ3n) is 4.82. The second kappa shape index (κ2) is 11.9. The van der Waals surface area contributed by atoms with E-state index in [0.717, 1.165) is 29.4 Å². The van der Waals surface area contributed by atoms with Gasteiger partial charge in [0, 0.05) is 31.6 Å². The van der Waals surface area contributed by atoms with Crippen LogP contribution in [0.15, 0.2) is 59.6 Å². The smallest absolute Gasteiger partial charge is 0.191 e. The van der Waals surface area contributed by atoms with Gasteiger partial charge in [-0.05, 0) is 30.4 Å². The van der Waals surface area contributed by atoms with Crippen molar-refractivity contribution in [2.45, 2.75) is 25.3 Å². The summed E-state index contributed by atoms with van der Waals surface area (Å²) in [6.45, 7) is 2.14. The van der Waals surface area contributed by atoms with E-state index in [1.165, 1.54) is 12.8 Å². The predicted octanol–water partition coefficient (Wildman–Crippen LogP) is 3.53. The number of rotatable bonds is 9. The number of nitrogens with one attached hydrogen (secondary N) is 2. The normalized spacial score (nSPS) is 14.7. The minimum Gasteiger partial charge on any atom is -0.493 e. The Labute approximate surface area is 184 Å². The van der Waals surface area contributed by atoms with Gasteiger partial charge in [0.2, 0.25) is 0 Å². The SMILES string of the molecule is CN=C(NCc1ccccc1OCC1CC1)NCC(CO)c1ccccc1.I. The summed E-state index contributed by atoms with van der Waals surface area (Å²) in [6.07, 6.45) is 2.56. The Morgan fingerprint density at radius 2 is 1.82 bits per heavy atom. The molecule has 1 saturated carbocycles. The van der Waals surface area contributed by atoms with Crippen molar-refractivity contribution < 1.29 is 9.84 Å². The molecule has 0 radical (unpaired) electrons. The monoisotopic (exact) mass is 495 g/mol. The van der Waals surface area contributed by atoms with Crippen LogP contribution < -0.4 is 15.4 Å². The first-order valence-electron chi connectivity index (χ1n) is 9.61. The van der Waals surface area contributed by atoms with E-state index in [9.17, 15) is 5.11 Å². The Hall–Kier alpha value is -1.80. The molecule has 0 aliphatic heterocycles. The number of nitrogens with zero attached hydrogens (tertiary/aromatic N) is 1. The number of aliphatic hydroxyl groups excluding tert-OH is 1. The molecule has 2 aromatic rings. The van der Waals surface area contributed by atoms with Gasteiger partial charge in [-0.1, -0.05) is 48.5 Å². The summed E-state index contributed by atoms with van der Waals surface area (Å²) in [5.41, 5.74) is 2.23. The van der Waals surface area contributed by atoms with E-state index in [4.69, 9.17) is 4.74 Å². The number of hydrogen-bond acceptors (Lipinski definition) is 3. The van der Waals surface area contributed by atoms with Crippen LogP contribution in [0.3, 0.4) is 0 Å². The molecule has 152 valence electrons. The Bertz CT molecular complexity index is 736. The average Bonchev–Trinajstić information content (AvgIpc) is 3.55. The predicted molar refractivity (Wildman–Crippen MR) is 125 cm³/mol. The van der Waals surface area contributed by atoms with Crippen LogP contribution in [0.4, 0.5) is 0 Å². The maximum absolute atomic E-state index is 9.70. The molecule has 1 unspecified atom stereocenters. The van der Waals surface area contributed by atoms with Crippen LogP contribution in [0, 0.1) is 5.92 Å². The van der Waals surface area contributed by atoms with Crippen LogP contribution in [-0.4, -0.2) is 37.9 Å². The highest BCUT2D eigenvalue weighted by atomic mass is 127. The van der Waals surface area contributed by atoms with Gasteiger partial charge in [-0.3, -0.25) is 4.99 Å². The Morgan fingerprint density at radius 1 is 1.11 bits per heavy atom. The van der Waals surface area contributed by atoms with Gasteiger partial charge in [0.25, 0.3) is 0 Å². The number of guanidine groups is 1. The van der Waals surface area contributed by atoms with E-state index < -0.39 is 0 Å². The highest BCUT2D eigenvalue weighted by Crippen LogP contribution is 2.30. The van der Waals surface area contributed by atoms with Gasteiger partial charge in [0.05, 0.1) is 13.2 Å². The molecule has 3 rings (SSSR count). The molecule has 2 aromatic carbocycles. The lowest BCUT2D eigenvalue weighted by Crippen LogP contribution is -2.39. The molecule has 0 amide bonds. The molecule has 0 saturated heterocycles. The summed E-state index contributed by atoms with van der Waals surface area (Å²) in [4.78, 5) is 4.29. The third-order valence-corrected chi connectivity index (χ3v) is 4.82. The van der Waals surface area contributed by atoms with Crippen LogP contribution in [0.25, 0.3) is 0 Å². The van der Waals surface area contributed by atoms with Crippen molar-refractivity contribution >= 4 is 29.9 Å². The fourth-order valence-corrected chi connectivity index (χ4v) is 2.92. The molecule has 1 aliphatic carbocycles. The zero-order valence-electron chi connectivity index (χ0n) is 16.3. The lowest BCUT2D eigenvalue weighted by molar-refractivity contribution is 0.265. The fourth-order valence-electron chi connectivity index (χ4n) is 2.92. The Balaban J connectivity index is 0.00000280. The van der Waals surface area contributed by atoms with Crippen LogP contribution >= 0.6 is 24.0 Å². The van der Waals surface area contributed by atoms with Gasteiger partial charge >= 0.3 is 0 Å². The standard InChI is InChI=1S/C22H29N3O2.HI/c1-23-22(25-14-20(15-26)18-7-3-2-4-8-18)24-13-19-9-5-6-10-21(19)27-16-17-11-12-17;/h2-10,17,20,26H,11-16H2,1H3,(H2,23,24,25);1H. The summed E-state index contributed by atoms with van der Waals surface area (Å²) in [5.74, 6) is 2.40. The van der Waals surface area contributed by atoms with Gasteiger partial charge in [-0.15, -0.1) is 24.0 Å². The number of para-hydroxylation sites is 1. The Morgan fingerprint density at radius 3 is 2.50 bits per heavy atom. The van der Waals surface area contributed by atoms with Crippen LogP contribution in [0.1, 0.15) is 29.9 Å². The lowest BCUT2D eigenvalue weighted by Gasteiger charge is -2.18. The van der Waals surface area contributed by atoms with Gasteiger partial charge in [0.15, 0.2) is 5.96 Å². The molecular formula is C22H30IN3O2. The van der Waals surface area contributed by atoms with Gasteiger partial charge in [-0.2, -0.15) is 0 Å². The quantitative estimate of drug-likeness (QED) is 0.283. The number of hydrogen-bond donors (Lipinski definition) is 3. The highest BCUT2D eigenvalue weighted by molar-refractivity contribution is 14.0. The first-order chi connectivity index (χ1) is 13.3. The number of aliphatic imine (C=N–C) groups is 1. The first kappa shape index (κ1) is 22.5. The largest absolute Gasteiger partial charge is 0.493 e. The molecule has 28 heavy (non-hydrogen) atoms. The minimum atomic E-state index is 0. The van der Waals surface area contributed by atoms with E-state index in [0.29, 0.717) is 19.0 Å². The molecule has 1 aliphatic rings. The summed E-state index contributed by atoms with van der Waals surface area (Å²) < 4.78 is 5.97. The van der Waals surface area contributed by atoms with E-state index in [1.807, 2.05) is 48.5 Å². The van der Waals surface area contributed by atoms with Crippen molar-refractivity contribution in [3.8, 4) is 5.75 Å². The number of aliphatic hydroxyl groups is 1. The van der Waals surface area contributed by atoms with Gasteiger partial charge < -0.3 is 20.5 Å². The second-order valence-electron chi connectivity index (χ2n) is 6.96. The molecule has 6 heteroatoms. The number of ether oxygens (including phenoxy) is 1. The summed E-state index contributed by atoms with van der Waals surface area (Å²) in [5, 5.41) is 16.3. The van der Waals surface area contributed by atoms with Crippen molar-refractivity contribution in [2.24, 2.45) is 10.9 Å². The van der Waals surface area contributed by atoms with Gasteiger partial charge in [-0.25, -0.2) is 0 Å². The molecule has 0 spiro atoms. The maximum atomic E-state index is 9.70. The van der Waals surface area contributed by atoms with Crippen LogP contribution in [0.2, 0.25) is 0 Å². The third kappa shape index (κ3) is 6.98. The first-order valence-corrected chi connectivity index (χ1v) is 9.61. The zero-order valence-corrected chi connectivity index (χ0v) is 18.6. The summed E-state index contributed by atoms with van der Waals surface area (Å²) in [6, 6.07) is 18.1. The van der Waals surface area contributed by atoms with E-state index in [1.54, 1.807) is 7.05 Å². The molecule has 3 N–H and O–H groups in total. The van der Waals surface area contributed by atoms with Crippen molar-refractivity contribution in [3.05, 3.63) is 65.7 Å². The van der Waals surface area contributed by atoms with Crippen LogP contribution in [0.5, 0.6) is 5.75 Å². The van der Waals surface area contributed by atoms with Crippen molar-refractivity contribution in [2.75, 3.05) is 26.8 Å². The summed E-state index contributed by atoms with van der Waals surface area (Å²) in [7, 11) is 1.75. The molecule has 0 bridgehead atoms. The van der Waals surface area contributed by atoms with E-state index in [2.05, 4.69) is 21.7 Å². The van der Waals surface area contributed by atoms with Crippen LogP contribution in [-0.2, 0) is 6.54 Å². The second-order valence-corrected chi connectivity index (χ2v) is 6.96. The molecule has 0 heterocycles. The molecule has 1 fully saturated rings. The van der Waals surface area contributed by atoms with Crippen molar-refractivity contribution in [1.29, 1.82) is 0 Å². The average molecular weight is 495 g/mol. The molecule has 0 aromatic heterocycles. The minimum absolute atomic E-state index is 0. The van der Waals surface area contributed by atoms with Gasteiger partial charge in [0.1, 0.15) is 5.75 Å². The highest BCUT2D eigenvalue weighted by Gasteiger charge is 2.22. The van der Waals surface area contributed by atoms with E-state index >= 15 is 0 Å². The maximum Gasteiger partial charge on any atom is 0.191 e. The molecule has 5 nitrogen and oxygen atoms in total. The lowest BCUT2D eigenvalue weighted by atomic mass is 10.0. The Kier molecular flexibility index (Phi) is 9.57. The topological polar surface area (TPSA) is 65.9 Å². The fraction of sp³-hybridized carbons (Fsp3) is 0.409.